The van der Waals surface area contributed by atoms with E-state index >= 15 is 0 Å². The first-order chi connectivity index (χ1) is 7.04. The molecule has 0 radical (unpaired) electrons. The van der Waals surface area contributed by atoms with E-state index in [1.165, 1.54) is 0 Å². The molecule has 0 amide bonds. The van der Waals surface area contributed by atoms with Gasteiger partial charge in [-0.2, -0.15) is 0 Å². The molecule has 0 spiro atoms. The lowest BCUT2D eigenvalue weighted by atomic mass is 10.1. The summed E-state index contributed by atoms with van der Waals surface area (Å²) in [5.74, 6) is 4.36. The van der Waals surface area contributed by atoms with E-state index in [2.05, 4.69) is 11.8 Å². The normalized spacial score (nSPS) is 9.00. The fraction of sp³-hybridized carbons (Fsp3) is 0.250. The molecule has 1 N–H and O–H groups in total. The molecular weight excluding hydrogens is 192 g/mol. The molecule has 0 saturated carbocycles. The second kappa shape index (κ2) is 4.52. The highest BCUT2D eigenvalue weighted by atomic mass is 16.5. The van der Waals surface area contributed by atoms with Gasteiger partial charge in [-0.25, -0.2) is 4.79 Å². The van der Waals surface area contributed by atoms with Gasteiger partial charge in [-0.15, -0.1) is 0 Å². The van der Waals surface area contributed by atoms with Crippen LogP contribution in [0.2, 0.25) is 0 Å². The van der Waals surface area contributed by atoms with Crippen LogP contribution in [-0.4, -0.2) is 18.2 Å². The number of hydrogen-bond acceptors (Lipinski definition) is 2. The van der Waals surface area contributed by atoms with E-state index in [4.69, 9.17) is 9.84 Å². The topological polar surface area (TPSA) is 46.5 Å². The Kier molecular flexibility index (Phi) is 3.35. The van der Waals surface area contributed by atoms with E-state index in [-0.39, 0.29) is 0 Å². The van der Waals surface area contributed by atoms with Crippen LogP contribution in [0.3, 0.4) is 0 Å². The summed E-state index contributed by atoms with van der Waals surface area (Å²) in [6.45, 7) is 3.76. The third-order valence-corrected chi connectivity index (χ3v) is 2.05. The van der Waals surface area contributed by atoms with Crippen molar-refractivity contribution in [1.29, 1.82) is 0 Å². The molecule has 1 rings (SSSR count). The summed E-state index contributed by atoms with van der Waals surface area (Å²) in [5.41, 5.74) is 2.57. The standard InChI is InChI=1S/C12H12O3/c1-8-7-11(15-3)9(2)6-10(8)4-5-12(13)14/h6-7H,1-3H3,(H,13,14). The predicted molar refractivity (Wildman–Crippen MR) is 57.0 cm³/mol. The van der Waals surface area contributed by atoms with Crippen molar-refractivity contribution in [2.45, 2.75) is 13.8 Å². The minimum absolute atomic E-state index is 0.718. The Morgan fingerprint density at radius 1 is 1.33 bits per heavy atom. The number of hydrogen-bond donors (Lipinski definition) is 1. The third kappa shape index (κ3) is 2.75. The van der Waals surface area contributed by atoms with Crippen LogP contribution < -0.4 is 4.74 Å². The molecule has 0 aliphatic heterocycles. The molecule has 0 saturated heterocycles. The third-order valence-electron chi connectivity index (χ3n) is 2.05. The van der Waals surface area contributed by atoms with E-state index in [1.807, 2.05) is 26.0 Å². The van der Waals surface area contributed by atoms with Crippen molar-refractivity contribution in [3.63, 3.8) is 0 Å². The number of aliphatic carboxylic acids is 1. The first-order valence-corrected chi connectivity index (χ1v) is 4.44. The highest BCUT2D eigenvalue weighted by molar-refractivity contribution is 5.87. The number of carboxylic acids is 1. The molecule has 0 aliphatic carbocycles. The van der Waals surface area contributed by atoms with Crippen LogP contribution in [0.25, 0.3) is 0 Å². The minimum atomic E-state index is -1.12. The molecule has 0 atom stereocenters. The van der Waals surface area contributed by atoms with E-state index in [0.717, 1.165) is 22.4 Å². The van der Waals surface area contributed by atoms with Crippen molar-refractivity contribution >= 4 is 5.97 Å². The molecule has 1 aromatic carbocycles. The summed E-state index contributed by atoms with van der Waals surface area (Å²) >= 11 is 0. The van der Waals surface area contributed by atoms with Crippen LogP contribution in [0.1, 0.15) is 16.7 Å². The summed E-state index contributed by atoms with van der Waals surface area (Å²) in [5, 5.41) is 8.44. The van der Waals surface area contributed by atoms with E-state index < -0.39 is 5.97 Å². The van der Waals surface area contributed by atoms with Crippen LogP contribution in [0.4, 0.5) is 0 Å². The average molecular weight is 204 g/mol. The molecule has 0 unspecified atom stereocenters. The summed E-state index contributed by atoms with van der Waals surface area (Å²) in [4.78, 5) is 10.3. The van der Waals surface area contributed by atoms with Crippen molar-refractivity contribution in [1.82, 2.24) is 0 Å². The molecule has 0 fully saturated rings. The van der Waals surface area contributed by atoms with Crippen LogP contribution in [0, 0.1) is 25.7 Å². The van der Waals surface area contributed by atoms with E-state index in [9.17, 15) is 4.79 Å². The highest BCUT2D eigenvalue weighted by Gasteiger charge is 2.02. The van der Waals surface area contributed by atoms with Gasteiger partial charge in [0, 0.05) is 11.5 Å². The molecule has 1 aromatic rings. The molecule has 0 aromatic heterocycles. The van der Waals surface area contributed by atoms with Gasteiger partial charge < -0.3 is 9.84 Å². The molecule has 0 aliphatic rings. The second-order valence-corrected chi connectivity index (χ2v) is 3.19. The molecule has 15 heavy (non-hydrogen) atoms. The van der Waals surface area contributed by atoms with Crippen molar-refractivity contribution in [2.24, 2.45) is 0 Å². The largest absolute Gasteiger partial charge is 0.496 e. The Morgan fingerprint density at radius 2 is 2.00 bits per heavy atom. The Hall–Kier alpha value is -1.95. The van der Waals surface area contributed by atoms with Gasteiger partial charge in [0.25, 0.3) is 0 Å². The van der Waals surface area contributed by atoms with Gasteiger partial charge in [0.05, 0.1) is 7.11 Å². The molecule has 3 heteroatoms. The number of benzene rings is 1. The van der Waals surface area contributed by atoms with Crippen molar-refractivity contribution < 1.29 is 14.6 Å². The average Bonchev–Trinajstić information content (AvgIpc) is 2.18. The van der Waals surface area contributed by atoms with Crippen LogP contribution >= 0.6 is 0 Å². The molecule has 0 bridgehead atoms. The fourth-order valence-electron chi connectivity index (χ4n) is 1.27. The Balaban J connectivity index is 3.18. The van der Waals surface area contributed by atoms with Gasteiger partial charge in [-0.1, -0.05) is 5.92 Å². The van der Waals surface area contributed by atoms with Gasteiger partial charge in [0.1, 0.15) is 5.75 Å². The number of carboxylic acid groups (broad SMARTS) is 1. The van der Waals surface area contributed by atoms with Gasteiger partial charge in [-0.05, 0) is 37.1 Å². The van der Waals surface area contributed by atoms with Crippen LogP contribution in [0.5, 0.6) is 5.75 Å². The lowest BCUT2D eigenvalue weighted by molar-refractivity contribution is -0.130. The van der Waals surface area contributed by atoms with E-state index in [0.29, 0.717) is 0 Å². The number of methoxy groups -OCH3 is 1. The zero-order valence-electron chi connectivity index (χ0n) is 8.92. The van der Waals surface area contributed by atoms with E-state index in [1.54, 1.807) is 7.11 Å². The van der Waals surface area contributed by atoms with Gasteiger partial charge in [0.15, 0.2) is 0 Å². The zero-order chi connectivity index (χ0) is 11.4. The second-order valence-electron chi connectivity index (χ2n) is 3.19. The lowest BCUT2D eigenvalue weighted by Gasteiger charge is -2.07. The maximum absolute atomic E-state index is 10.3. The quantitative estimate of drug-likeness (QED) is 0.709. The maximum Gasteiger partial charge on any atom is 0.382 e. The Bertz CT molecular complexity index is 450. The Morgan fingerprint density at radius 3 is 2.53 bits per heavy atom. The summed E-state index contributed by atoms with van der Waals surface area (Å²) in [7, 11) is 1.60. The summed E-state index contributed by atoms with van der Waals surface area (Å²) < 4.78 is 5.14. The maximum atomic E-state index is 10.3. The Labute approximate surface area is 88.7 Å². The minimum Gasteiger partial charge on any atom is -0.496 e. The number of carbonyl (C=O) groups is 1. The summed E-state index contributed by atoms with van der Waals surface area (Å²) in [6.07, 6.45) is 0. The van der Waals surface area contributed by atoms with Crippen LogP contribution in [0.15, 0.2) is 12.1 Å². The van der Waals surface area contributed by atoms with Crippen LogP contribution in [-0.2, 0) is 4.79 Å². The smallest absolute Gasteiger partial charge is 0.382 e. The first-order valence-electron chi connectivity index (χ1n) is 4.44. The first kappa shape index (κ1) is 11.1. The zero-order valence-corrected chi connectivity index (χ0v) is 8.92. The lowest BCUT2D eigenvalue weighted by Crippen LogP contribution is -1.92. The monoisotopic (exact) mass is 204 g/mol. The van der Waals surface area contributed by atoms with Gasteiger partial charge in [-0.3, -0.25) is 0 Å². The number of ether oxygens (including phenoxy) is 1. The molecule has 3 nitrogen and oxygen atoms in total. The van der Waals surface area contributed by atoms with Gasteiger partial charge in [0.2, 0.25) is 0 Å². The van der Waals surface area contributed by atoms with Gasteiger partial charge >= 0.3 is 5.97 Å². The van der Waals surface area contributed by atoms with Crippen molar-refractivity contribution in [2.75, 3.05) is 7.11 Å². The number of rotatable bonds is 1. The predicted octanol–water partition coefficient (Wildman–Crippen LogP) is 1.75. The highest BCUT2D eigenvalue weighted by Crippen LogP contribution is 2.21. The molecule has 78 valence electrons. The molecule has 0 heterocycles. The molecular formula is C12H12O3. The summed E-state index contributed by atoms with van der Waals surface area (Å²) in [6, 6.07) is 3.67. The van der Waals surface area contributed by atoms with Crippen molar-refractivity contribution in [3.05, 3.63) is 28.8 Å². The SMILES string of the molecule is COc1cc(C)c(C#CC(=O)O)cc1C. The van der Waals surface area contributed by atoms with Crippen molar-refractivity contribution in [3.8, 4) is 17.6 Å². The fourth-order valence-corrected chi connectivity index (χ4v) is 1.27. The number of aryl methyl sites for hydroxylation is 2.